The Morgan fingerprint density at radius 3 is 2.94 bits per heavy atom. The molecule has 1 fully saturated rings. The first-order chi connectivity index (χ1) is 8.25. The van der Waals surface area contributed by atoms with Gasteiger partial charge in [-0.05, 0) is 24.8 Å². The monoisotopic (exact) mass is 237 g/mol. The lowest BCUT2D eigenvalue weighted by molar-refractivity contribution is 0.0547. The molecule has 1 unspecified atom stereocenters. The Hall–Kier alpha value is -1.26. The lowest BCUT2D eigenvalue weighted by atomic mass is 10.0. The van der Waals surface area contributed by atoms with Crippen LogP contribution in [0.5, 0.6) is 11.5 Å². The SMILES string of the molecule is Oc1ccc(CNCC2CCCOC2)c(O)c1. The highest BCUT2D eigenvalue weighted by atomic mass is 16.5. The lowest BCUT2D eigenvalue weighted by Crippen LogP contribution is -2.28. The molecule has 1 heterocycles. The van der Waals surface area contributed by atoms with Crippen molar-refractivity contribution in [2.24, 2.45) is 5.92 Å². The lowest BCUT2D eigenvalue weighted by Gasteiger charge is -2.22. The first-order valence-corrected chi connectivity index (χ1v) is 6.05. The van der Waals surface area contributed by atoms with Crippen molar-refractivity contribution in [2.45, 2.75) is 19.4 Å². The van der Waals surface area contributed by atoms with Crippen LogP contribution in [-0.4, -0.2) is 30.0 Å². The third-order valence-electron chi connectivity index (χ3n) is 3.07. The number of nitrogens with one attached hydrogen (secondary N) is 1. The van der Waals surface area contributed by atoms with Crippen LogP contribution >= 0.6 is 0 Å². The van der Waals surface area contributed by atoms with Gasteiger partial charge in [0.15, 0.2) is 0 Å². The van der Waals surface area contributed by atoms with E-state index in [1.165, 1.54) is 12.5 Å². The second-order valence-electron chi connectivity index (χ2n) is 4.53. The van der Waals surface area contributed by atoms with Crippen LogP contribution in [0.15, 0.2) is 18.2 Å². The van der Waals surface area contributed by atoms with Crippen LogP contribution in [0.25, 0.3) is 0 Å². The molecule has 0 aromatic heterocycles. The number of rotatable bonds is 4. The van der Waals surface area contributed by atoms with Gasteiger partial charge in [-0.15, -0.1) is 0 Å². The summed E-state index contributed by atoms with van der Waals surface area (Å²) in [7, 11) is 0. The van der Waals surface area contributed by atoms with Crippen molar-refractivity contribution >= 4 is 0 Å². The molecule has 1 aliphatic rings. The molecule has 0 spiro atoms. The Morgan fingerprint density at radius 2 is 2.24 bits per heavy atom. The number of benzene rings is 1. The average Bonchev–Trinajstić information content (AvgIpc) is 2.33. The van der Waals surface area contributed by atoms with Gasteiger partial charge in [0.1, 0.15) is 11.5 Å². The van der Waals surface area contributed by atoms with E-state index in [0.29, 0.717) is 12.5 Å². The van der Waals surface area contributed by atoms with Gasteiger partial charge in [0.25, 0.3) is 0 Å². The Kier molecular flexibility index (Phi) is 4.23. The summed E-state index contributed by atoms with van der Waals surface area (Å²) in [5.74, 6) is 0.798. The fraction of sp³-hybridized carbons (Fsp3) is 0.538. The van der Waals surface area contributed by atoms with Crippen LogP contribution in [0.2, 0.25) is 0 Å². The highest BCUT2D eigenvalue weighted by Crippen LogP contribution is 2.22. The summed E-state index contributed by atoms with van der Waals surface area (Å²) in [6, 6.07) is 4.68. The quantitative estimate of drug-likeness (QED) is 0.744. The third-order valence-corrected chi connectivity index (χ3v) is 3.07. The van der Waals surface area contributed by atoms with E-state index >= 15 is 0 Å². The van der Waals surface area contributed by atoms with Gasteiger partial charge >= 0.3 is 0 Å². The Morgan fingerprint density at radius 1 is 1.35 bits per heavy atom. The number of ether oxygens (including phenoxy) is 1. The van der Waals surface area contributed by atoms with Gasteiger partial charge in [-0.3, -0.25) is 0 Å². The summed E-state index contributed by atoms with van der Waals surface area (Å²) < 4.78 is 5.40. The number of hydrogen-bond donors (Lipinski definition) is 3. The molecule has 0 aliphatic carbocycles. The third kappa shape index (κ3) is 3.61. The number of phenols is 2. The molecule has 1 saturated heterocycles. The maximum atomic E-state index is 9.60. The predicted molar refractivity (Wildman–Crippen MR) is 65.0 cm³/mol. The van der Waals surface area contributed by atoms with Crippen molar-refractivity contribution in [2.75, 3.05) is 19.8 Å². The van der Waals surface area contributed by atoms with E-state index < -0.39 is 0 Å². The number of hydrogen-bond acceptors (Lipinski definition) is 4. The molecule has 0 radical (unpaired) electrons. The van der Waals surface area contributed by atoms with Gasteiger partial charge in [0.05, 0.1) is 6.61 Å². The molecule has 2 rings (SSSR count). The molecule has 1 aromatic carbocycles. The average molecular weight is 237 g/mol. The van der Waals surface area contributed by atoms with Crippen LogP contribution in [0, 0.1) is 5.92 Å². The zero-order valence-corrected chi connectivity index (χ0v) is 9.85. The molecule has 0 amide bonds. The molecule has 17 heavy (non-hydrogen) atoms. The van der Waals surface area contributed by atoms with Crippen molar-refractivity contribution in [1.82, 2.24) is 5.32 Å². The van der Waals surface area contributed by atoms with E-state index in [2.05, 4.69) is 5.32 Å². The summed E-state index contributed by atoms with van der Waals surface area (Å²) in [5.41, 5.74) is 0.805. The maximum absolute atomic E-state index is 9.60. The molecule has 1 aromatic rings. The minimum Gasteiger partial charge on any atom is -0.508 e. The maximum Gasteiger partial charge on any atom is 0.123 e. The van der Waals surface area contributed by atoms with E-state index in [-0.39, 0.29) is 11.5 Å². The van der Waals surface area contributed by atoms with Crippen molar-refractivity contribution in [1.29, 1.82) is 0 Å². The van der Waals surface area contributed by atoms with Gasteiger partial charge < -0.3 is 20.3 Å². The summed E-state index contributed by atoms with van der Waals surface area (Å²) in [6.07, 6.45) is 2.34. The Bertz CT molecular complexity index is 362. The first kappa shape index (κ1) is 12.2. The molecule has 94 valence electrons. The topological polar surface area (TPSA) is 61.7 Å². The van der Waals surface area contributed by atoms with E-state index in [0.717, 1.165) is 31.7 Å². The Labute approximate surface area is 101 Å². The minimum absolute atomic E-state index is 0.0898. The highest BCUT2D eigenvalue weighted by Gasteiger charge is 2.13. The van der Waals surface area contributed by atoms with E-state index in [1.807, 2.05) is 0 Å². The van der Waals surface area contributed by atoms with E-state index in [9.17, 15) is 5.11 Å². The second-order valence-corrected chi connectivity index (χ2v) is 4.53. The molecule has 0 bridgehead atoms. The van der Waals surface area contributed by atoms with Crippen LogP contribution in [-0.2, 0) is 11.3 Å². The first-order valence-electron chi connectivity index (χ1n) is 6.05. The smallest absolute Gasteiger partial charge is 0.123 e. The molecule has 1 atom stereocenters. The Balaban J connectivity index is 1.77. The van der Waals surface area contributed by atoms with Crippen LogP contribution in [0.1, 0.15) is 18.4 Å². The van der Waals surface area contributed by atoms with Crippen molar-refractivity contribution in [3.8, 4) is 11.5 Å². The summed E-state index contributed by atoms with van der Waals surface area (Å²) in [6.45, 7) is 3.23. The van der Waals surface area contributed by atoms with Gasteiger partial charge in [-0.25, -0.2) is 0 Å². The molecule has 4 nitrogen and oxygen atoms in total. The van der Waals surface area contributed by atoms with Crippen LogP contribution in [0.4, 0.5) is 0 Å². The van der Waals surface area contributed by atoms with Crippen molar-refractivity contribution < 1.29 is 14.9 Å². The summed E-state index contributed by atoms with van der Waals surface area (Å²) in [5, 5.41) is 22.1. The zero-order chi connectivity index (χ0) is 12.1. The summed E-state index contributed by atoms with van der Waals surface area (Å²) in [4.78, 5) is 0. The van der Waals surface area contributed by atoms with Gasteiger partial charge in [-0.2, -0.15) is 0 Å². The normalized spacial score (nSPS) is 20.4. The van der Waals surface area contributed by atoms with Crippen molar-refractivity contribution in [3.05, 3.63) is 23.8 Å². The zero-order valence-electron chi connectivity index (χ0n) is 9.85. The van der Waals surface area contributed by atoms with Gasteiger partial charge in [0.2, 0.25) is 0 Å². The minimum atomic E-state index is 0.0898. The van der Waals surface area contributed by atoms with E-state index in [4.69, 9.17) is 9.84 Å². The van der Waals surface area contributed by atoms with Crippen LogP contribution in [0.3, 0.4) is 0 Å². The largest absolute Gasteiger partial charge is 0.508 e. The molecular weight excluding hydrogens is 218 g/mol. The number of phenolic OH excluding ortho intramolecular Hbond substituents is 2. The number of aromatic hydroxyl groups is 2. The fourth-order valence-corrected chi connectivity index (χ4v) is 2.08. The summed E-state index contributed by atoms with van der Waals surface area (Å²) >= 11 is 0. The molecular formula is C13H19NO3. The van der Waals surface area contributed by atoms with Crippen molar-refractivity contribution in [3.63, 3.8) is 0 Å². The fourth-order valence-electron chi connectivity index (χ4n) is 2.08. The highest BCUT2D eigenvalue weighted by molar-refractivity contribution is 5.38. The standard InChI is InChI=1S/C13H19NO3/c15-12-4-3-11(13(16)6-12)8-14-7-10-2-1-5-17-9-10/h3-4,6,10,14-16H,1-2,5,7-9H2. The van der Waals surface area contributed by atoms with Gasteiger partial charge in [0, 0.05) is 31.3 Å². The molecule has 4 heteroatoms. The molecule has 1 aliphatic heterocycles. The molecule has 0 saturated carbocycles. The van der Waals surface area contributed by atoms with E-state index in [1.54, 1.807) is 12.1 Å². The molecule has 3 N–H and O–H groups in total. The van der Waals surface area contributed by atoms with Crippen LogP contribution < -0.4 is 5.32 Å². The van der Waals surface area contributed by atoms with Gasteiger partial charge in [-0.1, -0.05) is 6.07 Å². The predicted octanol–water partition coefficient (Wildman–Crippen LogP) is 1.61. The second kappa shape index (κ2) is 5.89.